The van der Waals surface area contributed by atoms with Crippen LogP contribution < -0.4 is 11.1 Å². The molecule has 0 spiro atoms. The van der Waals surface area contributed by atoms with E-state index in [4.69, 9.17) is 19.9 Å². The van der Waals surface area contributed by atoms with Crippen molar-refractivity contribution in [2.24, 2.45) is 5.73 Å². The predicted molar refractivity (Wildman–Crippen MR) is 76.6 cm³/mol. The number of nitrogens with two attached hydrogens (primary N) is 1. The molecular formula is C14H22N2O4. The highest BCUT2D eigenvalue weighted by atomic mass is 16.6. The molecule has 1 rings (SSSR count). The molecule has 20 heavy (non-hydrogen) atoms. The Morgan fingerprint density at radius 3 is 2.55 bits per heavy atom. The van der Waals surface area contributed by atoms with Gasteiger partial charge < -0.3 is 19.9 Å². The van der Waals surface area contributed by atoms with Crippen LogP contribution in [-0.4, -0.2) is 39.6 Å². The maximum absolute atomic E-state index is 11.5. The molecule has 0 saturated carbocycles. The number of ether oxygens (including phenoxy) is 3. The van der Waals surface area contributed by atoms with E-state index in [1.54, 1.807) is 19.2 Å². The van der Waals surface area contributed by atoms with Gasteiger partial charge >= 0.3 is 6.09 Å². The summed E-state index contributed by atoms with van der Waals surface area (Å²) < 4.78 is 15.1. The summed E-state index contributed by atoms with van der Waals surface area (Å²) in [5.41, 5.74) is 7.17. The van der Waals surface area contributed by atoms with E-state index in [0.29, 0.717) is 32.1 Å². The normalized spacial score (nSPS) is 10.3. The number of anilines is 1. The van der Waals surface area contributed by atoms with Gasteiger partial charge in [-0.25, -0.2) is 4.79 Å². The number of rotatable bonds is 9. The van der Waals surface area contributed by atoms with Gasteiger partial charge in [-0.05, 0) is 24.1 Å². The number of hydrogen-bond acceptors (Lipinski definition) is 5. The van der Waals surface area contributed by atoms with Crippen LogP contribution in [-0.2, 0) is 20.8 Å². The number of hydrogen-bond donors (Lipinski definition) is 2. The highest BCUT2D eigenvalue weighted by molar-refractivity contribution is 5.84. The van der Waals surface area contributed by atoms with Crippen LogP contribution in [0.25, 0.3) is 0 Å². The molecule has 0 aromatic heterocycles. The summed E-state index contributed by atoms with van der Waals surface area (Å²) in [6, 6.07) is 7.28. The van der Waals surface area contributed by atoms with E-state index in [2.05, 4.69) is 5.32 Å². The zero-order valence-corrected chi connectivity index (χ0v) is 11.8. The first kappa shape index (κ1) is 16.4. The topological polar surface area (TPSA) is 82.8 Å². The van der Waals surface area contributed by atoms with Gasteiger partial charge in [0, 0.05) is 32.6 Å². The molecule has 6 nitrogen and oxygen atoms in total. The van der Waals surface area contributed by atoms with Gasteiger partial charge in [-0.15, -0.1) is 0 Å². The van der Waals surface area contributed by atoms with Crippen LogP contribution >= 0.6 is 0 Å². The molecule has 0 aliphatic carbocycles. The largest absolute Gasteiger partial charge is 0.447 e. The summed E-state index contributed by atoms with van der Waals surface area (Å²) in [6.45, 7) is 2.34. The van der Waals surface area contributed by atoms with Crippen LogP contribution in [0.4, 0.5) is 10.5 Å². The van der Waals surface area contributed by atoms with E-state index >= 15 is 0 Å². The van der Waals surface area contributed by atoms with Crippen molar-refractivity contribution in [1.82, 2.24) is 0 Å². The molecule has 0 heterocycles. The fraction of sp³-hybridized carbons (Fsp3) is 0.500. The van der Waals surface area contributed by atoms with Gasteiger partial charge in [0.25, 0.3) is 0 Å². The van der Waals surface area contributed by atoms with Crippen molar-refractivity contribution in [2.75, 3.05) is 38.9 Å². The third kappa shape index (κ3) is 7.08. The molecule has 0 saturated heterocycles. The van der Waals surface area contributed by atoms with E-state index in [1.807, 2.05) is 12.1 Å². The zero-order valence-electron chi connectivity index (χ0n) is 11.8. The molecule has 0 radical (unpaired) electrons. The third-order valence-corrected chi connectivity index (χ3v) is 2.53. The van der Waals surface area contributed by atoms with E-state index in [1.165, 1.54) is 0 Å². The second kappa shape index (κ2) is 10.2. The summed E-state index contributed by atoms with van der Waals surface area (Å²) in [7, 11) is 1.65. The fourth-order valence-electron chi connectivity index (χ4n) is 1.48. The maximum Gasteiger partial charge on any atom is 0.411 e. The van der Waals surface area contributed by atoms with E-state index in [9.17, 15) is 4.79 Å². The summed E-state index contributed by atoms with van der Waals surface area (Å²) in [6.07, 6.45) is 0.335. The second-order valence-corrected chi connectivity index (χ2v) is 4.12. The minimum atomic E-state index is -0.494. The van der Waals surface area contributed by atoms with Gasteiger partial charge in [-0.2, -0.15) is 0 Å². The molecule has 112 valence electrons. The molecule has 3 N–H and O–H groups in total. The molecule has 0 unspecified atom stereocenters. The van der Waals surface area contributed by atoms with Crippen molar-refractivity contribution in [2.45, 2.75) is 13.0 Å². The van der Waals surface area contributed by atoms with Gasteiger partial charge in [0.15, 0.2) is 0 Å². The number of carbonyl (C=O) groups is 1. The lowest BCUT2D eigenvalue weighted by Gasteiger charge is -2.08. The Bertz CT molecular complexity index is 381. The maximum atomic E-state index is 11.5. The standard InChI is InChI=1S/C14H22N2O4/c1-18-7-2-8-19-9-10-20-14(17)16-13-5-3-12(11-15)4-6-13/h3-6H,2,7-11,15H2,1H3,(H,16,17). The lowest BCUT2D eigenvalue weighted by molar-refractivity contribution is 0.0656. The first-order chi connectivity index (χ1) is 9.76. The summed E-state index contributed by atoms with van der Waals surface area (Å²) in [4.78, 5) is 11.5. The third-order valence-electron chi connectivity index (χ3n) is 2.53. The van der Waals surface area contributed by atoms with E-state index in [-0.39, 0.29) is 6.61 Å². The molecule has 0 bridgehead atoms. The molecule has 6 heteroatoms. The number of amides is 1. The van der Waals surface area contributed by atoms with E-state index in [0.717, 1.165) is 12.0 Å². The van der Waals surface area contributed by atoms with Crippen LogP contribution in [0.1, 0.15) is 12.0 Å². The Morgan fingerprint density at radius 2 is 1.90 bits per heavy atom. The van der Waals surface area contributed by atoms with Crippen molar-refractivity contribution >= 4 is 11.8 Å². The molecular weight excluding hydrogens is 260 g/mol. The van der Waals surface area contributed by atoms with Crippen LogP contribution in [0.2, 0.25) is 0 Å². The first-order valence-corrected chi connectivity index (χ1v) is 6.55. The Hall–Kier alpha value is -1.63. The van der Waals surface area contributed by atoms with Gasteiger partial charge in [0.05, 0.1) is 6.61 Å². The van der Waals surface area contributed by atoms with Crippen LogP contribution in [0.3, 0.4) is 0 Å². The SMILES string of the molecule is COCCCOCCOC(=O)Nc1ccc(CN)cc1. The molecule has 1 aromatic carbocycles. The number of methoxy groups -OCH3 is 1. The van der Waals surface area contributed by atoms with Crippen molar-refractivity contribution < 1.29 is 19.0 Å². The van der Waals surface area contributed by atoms with E-state index < -0.39 is 6.09 Å². The van der Waals surface area contributed by atoms with Crippen molar-refractivity contribution in [3.63, 3.8) is 0 Å². The Morgan fingerprint density at radius 1 is 1.15 bits per heavy atom. The molecule has 0 fully saturated rings. The monoisotopic (exact) mass is 282 g/mol. The summed E-state index contributed by atoms with van der Waals surface area (Å²) in [5.74, 6) is 0. The number of carbonyl (C=O) groups excluding carboxylic acids is 1. The number of nitrogens with one attached hydrogen (secondary N) is 1. The second-order valence-electron chi connectivity index (χ2n) is 4.12. The highest BCUT2D eigenvalue weighted by Gasteiger charge is 2.02. The van der Waals surface area contributed by atoms with Crippen LogP contribution in [0.15, 0.2) is 24.3 Å². The van der Waals surface area contributed by atoms with Crippen LogP contribution in [0, 0.1) is 0 Å². The van der Waals surface area contributed by atoms with Crippen molar-refractivity contribution in [3.8, 4) is 0 Å². The molecule has 0 aliphatic rings. The van der Waals surface area contributed by atoms with Crippen molar-refractivity contribution in [3.05, 3.63) is 29.8 Å². The molecule has 1 aromatic rings. The average Bonchev–Trinajstić information content (AvgIpc) is 2.47. The molecule has 0 aliphatic heterocycles. The summed E-state index contributed by atoms with van der Waals surface area (Å²) in [5, 5.41) is 2.63. The van der Waals surface area contributed by atoms with Gasteiger partial charge in [0.2, 0.25) is 0 Å². The minimum Gasteiger partial charge on any atom is -0.447 e. The Balaban J connectivity index is 2.10. The number of benzene rings is 1. The van der Waals surface area contributed by atoms with Crippen LogP contribution in [0.5, 0.6) is 0 Å². The Kier molecular flexibility index (Phi) is 8.37. The van der Waals surface area contributed by atoms with Gasteiger partial charge in [0.1, 0.15) is 6.61 Å². The zero-order chi connectivity index (χ0) is 14.6. The average molecular weight is 282 g/mol. The lowest BCUT2D eigenvalue weighted by Crippen LogP contribution is -2.17. The highest BCUT2D eigenvalue weighted by Crippen LogP contribution is 2.09. The van der Waals surface area contributed by atoms with Gasteiger partial charge in [-0.3, -0.25) is 5.32 Å². The van der Waals surface area contributed by atoms with Crippen molar-refractivity contribution in [1.29, 1.82) is 0 Å². The predicted octanol–water partition coefficient (Wildman–Crippen LogP) is 1.75. The minimum absolute atomic E-state index is 0.222. The fourth-order valence-corrected chi connectivity index (χ4v) is 1.48. The first-order valence-electron chi connectivity index (χ1n) is 6.55. The molecule has 1 amide bonds. The smallest absolute Gasteiger partial charge is 0.411 e. The summed E-state index contributed by atoms with van der Waals surface area (Å²) >= 11 is 0. The van der Waals surface area contributed by atoms with Gasteiger partial charge in [-0.1, -0.05) is 12.1 Å². The Labute approximate surface area is 119 Å². The quantitative estimate of drug-likeness (QED) is 0.674. The molecule has 0 atom stereocenters. The lowest BCUT2D eigenvalue weighted by atomic mass is 10.2.